The third-order valence-electron chi connectivity index (χ3n) is 2.81. The van der Waals surface area contributed by atoms with E-state index >= 15 is 0 Å². The van der Waals surface area contributed by atoms with E-state index in [1.165, 1.54) is 0 Å². The molecule has 100 valence electrons. The minimum atomic E-state index is -0.414. The van der Waals surface area contributed by atoms with Crippen LogP contribution in [0.5, 0.6) is 5.75 Å². The van der Waals surface area contributed by atoms with Crippen molar-refractivity contribution in [2.45, 2.75) is 13.8 Å². The van der Waals surface area contributed by atoms with Gasteiger partial charge in [-0.1, -0.05) is 24.3 Å². The Kier molecular flexibility index (Phi) is 3.90. The van der Waals surface area contributed by atoms with Crippen molar-refractivity contribution in [2.24, 2.45) is 0 Å². The number of nitrogen functional groups attached to an aromatic ring is 1. The number of carbonyl (C=O) groups excluding carboxylic acids is 1. The number of fused-ring (bicyclic) bond motifs is 1. The Labute approximate surface area is 112 Å². The molecule has 0 spiro atoms. The standard InChI is InChI=1S/C15H17NO3/c1-3-18-14-11-8-6-5-7-10(11)13(16)9-12(14)15(17)19-4-2/h5-9H,3-4,16H2,1-2H3. The smallest absolute Gasteiger partial charge is 0.342 e. The normalized spacial score (nSPS) is 10.4. The molecule has 0 radical (unpaired) electrons. The van der Waals surface area contributed by atoms with Crippen LogP contribution in [-0.4, -0.2) is 19.2 Å². The lowest BCUT2D eigenvalue weighted by Gasteiger charge is -2.14. The quantitative estimate of drug-likeness (QED) is 0.677. The molecule has 0 amide bonds. The summed E-state index contributed by atoms with van der Waals surface area (Å²) >= 11 is 0. The fraction of sp³-hybridized carbons (Fsp3) is 0.267. The fourth-order valence-corrected chi connectivity index (χ4v) is 2.04. The monoisotopic (exact) mass is 259 g/mol. The van der Waals surface area contributed by atoms with Gasteiger partial charge in [-0.2, -0.15) is 0 Å². The predicted octanol–water partition coefficient (Wildman–Crippen LogP) is 3.00. The van der Waals surface area contributed by atoms with E-state index in [-0.39, 0.29) is 0 Å². The zero-order valence-corrected chi connectivity index (χ0v) is 11.1. The van der Waals surface area contributed by atoms with Gasteiger partial charge in [-0.05, 0) is 19.9 Å². The molecule has 2 rings (SSSR count). The lowest BCUT2D eigenvalue weighted by atomic mass is 10.0. The Morgan fingerprint density at radius 3 is 2.47 bits per heavy atom. The highest BCUT2D eigenvalue weighted by Gasteiger charge is 2.18. The average Bonchev–Trinajstić information content (AvgIpc) is 2.42. The van der Waals surface area contributed by atoms with E-state index in [1.807, 2.05) is 31.2 Å². The van der Waals surface area contributed by atoms with Gasteiger partial charge in [-0.3, -0.25) is 0 Å². The number of carbonyl (C=O) groups is 1. The number of benzene rings is 2. The van der Waals surface area contributed by atoms with Gasteiger partial charge < -0.3 is 15.2 Å². The van der Waals surface area contributed by atoms with Crippen molar-refractivity contribution in [3.63, 3.8) is 0 Å². The summed E-state index contributed by atoms with van der Waals surface area (Å²) in [5.41, 5.74) is 6.91. The zero-order chi connectivity index (χ0) is 13.8. The van der Waals surface area contributed by atoms with Crippen molar-refractivity contribution in [1.82, 2.24) is 0 Å². The van der Waals surface area contributed by atoms with E-state index in [2.05, 4.69) is 0 Å². The number of anilines is 1. The van der Waals surface area contributed by atoms with Crippen molar-refractivity contribution >= 4 is 22.4 Å². The first-order valence-corrected chi connectivity index (χ1v) is 6.30. The maximum Gasteiger partial charge on any atom is 0.342 e. The van der Waals surface area contributed by atoms with E-state index in [9.17, 15) is 4.79 Å². The summed E-state index contributed by atoms with van der Waals surface area (Å²) in [7, 11) is 0. The molecule has 0 aliphatic carbocycles. The predicted molar refractivity (Wildman–Crippen MR) is 75.5 cm³/mol. The van der Waals surface area contributed by atoms with Gasteiger partial charge in [0.2, 0.25) is 0 Å². The molecule has 0 saturated heterocycles. The van der Waals surface area contributed by atoms with Crippen LogP contribution in [0.3, 0.4) is 0 Å². The van der Waals surface area contributed by atoms with Gasteiger partial charge in [-0.15, -0.1) is 0 Å². The van der Waals surface area contributed by atoms with E-state index in [0.29, 0.717) is 30.2 Å². The molecule has 0 heterocycles. The Morgan fingerprint density at radius 1 is 1.16 bits per heavy atom. The Balaban J connectivity index is 2.68. The van der Waals surface area contributed by atoms with Gasteiger partial charge in [0.05, 0.1) is 13.2 Å². The molecular formula is C15H17NO3. The fourth-order valence-electron chi connectivity index (χ4n) is 2.04. The Morgan fingerprint density at radius 2 is 1.84 bits per heavy atom. The van der Waals surface area contributed by atoms with Crippen LogP contribution >= 0.6 is 0 Å². The largest absolute Gasteiger partial charge is 0.492 e. The van der Waals surface area contributed by atoms with Crippen LogP contribution in [0.4, 0.5) is 5.69 Å². The second-order valence-electron chi connectivity index (χ2n) is 4.04. The van der Waals surface area contributed by atoms with Gasteiger partial charge in [0, 0.05) is 16.5 Å². The molecule has 4 heteroatoms. The maximum atomic E-state index is 12.0. The molecule has 0 unspecified atom stereocenters. The second kappa shape index (κ2) is 5.61. The number of hydrogen-bond acceptors (Lipinski definition) is 4. The Bertz CT molecular complexity index is 608. The lowest BCUT2D eigenvalue weighted by Crippen LogP contribution is -2.09. The third kappa shape index (κ3) is 2.47. The van der Waals surface area contributed by atoms with Crippen molar-refractivity contribution in [1.29, 1.82) is 0 Å². The van der Waals surface area contributed by atoms with Crippen LogP contribution in [-0.2, 0) is 4.74 Å². The molecular weight excluding hydrogens is 242 g/mol. The topological polar surface area (TPSA) is 61.5 Å². The molecule has 4 nitrogen and oxygen atoms in total. The number of ether oxygens (including phenoxy) is 2. The molecule has 0 aliphatic heterocycles. The average molecular weight is 259 g/mol. The van der Waals surface area contributed by atoms with Gasteiger partial charge in [0.15, 0.2) is 0 Å². The molecule has 19 heavy (non-hydrogen) atoms. The summed E-state index contributed by atoms with van der Waals surface area (Å²) in [5.74, 6) is 0.120. The number of nitrogens with two attached hydrogens (primary N) is 1. The lowest BCUT2D eigenvalue weighted by molar-refractivity contribution is 0.0522. The summed E-state index contributed by atoms with van der Waals surface area (Å²) in [6, 6.07) is 9.20. The Hall–Kier alpha value is -2.23. The molecule has 0 atom stereocenters. The highest BCUT2D eigenvalue weighted by Crippen LogP contribution is 2.34. The summed E-state index contributed by atoms with van der Waals surface area (Å²) in [6.45, 7) is 4.43. The first-order valence-electron chi connectivity index (χ1n) is 6.30. The molecule has 2 N–H and O–H groups in total. The van der Waals surface area contributed by atoms with Crippen molar-refractivity contribution in [3.05, 3.63) is 35.9 Å². The SMILES string of the molecule is CCOC(=O)c1cc(N)c2ccccc2c1OCC. The molecule has 0 fully saturated rings. The number of hydrogen-bond donors (Lipinski definition) is 1. The second-order valence-corrected chi connectivity index (χ2v) is 4.04. The summed E-state index contributed by atoms with van der Waals surface area (Å²) in [4.78, 5) is 12.0. The van der Waals surface area contributed by atoms with E-state index < -0.39 is 5.97 Å². The van der Waals surface area contributed by atoms with Gasteiger partial charge >= 0.3 is 5.97 Å². The van der Waals surface area contributed by atoms with Crippen molar-refractivity contribution < 1.29 is 14.3 Å². The molecule has 0 bridgehead atoms. The molecule has 0 saturated carbocycles. The molecule has 0 aliphatic rings. The maximum absolute atomic E-state index is 12.0. The third-order valence-corrected chi connectivity index (χ3v) is 2.81. The van der Waals surface area contributed by atoms with Gasteiger partial charge in [0.1, 0.15) is 11.3 Å². The van der Waals surface area contributed by atoms with Gasteiger partial charge in [-0.25, -0.2) is 4.79 Å². The van der Waals surface area contributed by atoms with Crippen LogP contribution in [0.2, 0.25) is 0 Å². The van der Waals surface area contributed by atoms with Gasteiger partial charge in [0.25, 0.3) is 0 Å². The summed E-state index contributed by atoms with van der Waals surface area (Å²) in [6.07, 6.45) is 0. The summed E-state index contributed by atoms with van der Waals surface area (Å²) < 4.78 is 10.7. The van der Waals surface area contributed by atoms with Crippen LogP contribution in [0.25, 0.3) is 10.8 Å². The number of esters is 1. The van der Waals surface area contributed by atoms with Crippen LogP contribution in [0.1, 0.15) is 24.2 Å². The van der Waals surface area contributed by atoms with E-state index in [0.717, 1.165) is 10.8 Å². The minimum absolute atomic E-state index is 0.317. The minimum Gasteiger partial charge on any atom is -0.492 e. The highest BCUT2D eigenvalue weighted by atomic mass is 16.5. The van der Waals surface area contributed by atoms with E-state index in [4.69, 9.17) is 15.2 Å². The first kappa shape index (κ1) is 13.2. The summed E-state index contributed by atoms with van der Waals surface area (Å²) in [5, 5.41) is 1.70. The molecule has 2 aromatic carbocycles. The van der Waals surface area contributed by atoms with E-state index in [1.54, 1.807) is 13.0 Å². The van der Waals surface area contributed by atoms with Crippen molar-refractivity contribution in [2.75, 3.05) is 18.9 Å². The number of rotatable bonds is 4. The molecule has 2 aromatic rings. The van der Waals surface area contributed by atoms with Crippen LogP contribution < -0.4 is 10.5 Å². The molecule has 0 aromatic heterocycles. The van der Waals surface area contributed by atoms with Crippen LogP contribution in [0.15, 0.2) is 30.3 Å². The first-order chi connectivity index (χ1) is 9.19. The highest BCUT2D eigenvalue weighted by molar-refractivity contribution is 6.06. The van der Waals surface area contributed by atoms with Crippen LogP contribution in [0, 0.1) is 0 Å². The van der Waals surface area contributed by atoms with Crippen molar-refractivity contribution in [3.8, 4) is 5.75 Å². The zero-order valence-electron chi connectivity index (χ0n) is 11.1.